The third-order valence-electron chi connectivity index (χ3n) is 3.49. The predicted molar refractivity (Wildman–Crippen MR) is 57.7 cm³/mol. The number of rotatable bonds is 2. The summed E-state index contributed by atoms with van der Waals surface area (Å²) in [4.78, 5) is 2.59. The van der Waals surface area contributed by atoms with Crippen molar-refractivity contribution in [1.29, 1.82) is 0 Å². The van der Waals surface area contributed by atoms with Crippen molar-refractivity contribution in [2.24, 2.45) is 5.73 Å². The SMILES string of the molecule is CC(N)C(C)N1C(C)CCCC1C. The van der Waals surface area contributed by atoms with Crippen molar-refractivity contribution >= 4 is 0 Å². The lowest BCUT2D eigenvalue weighted by molar-refractivity contribution is 0.0536. The van der Waals surface area contributed by atoms with Crippen LogP contribution in [0.25, 0.3) is 0 Å². The number of nitrogens with zero attached hydrogens (tertiary/aromatic N) is 1. The Labute approximate surface area is 82.5 Å². The van der Waals surface area contributed by atoms with Crippen LogP contribution in [0.15, 0.2) is 0 Å². The average Bonchev–Trinajstić information content (AvgIpc) is 2.03. The molecule has 2 nitrogen and oxygen atoms in total. The molecule has 0 saturated carbocycles. The molecular formula is C11H24N2. The van der Waals surface area contributed by atoms with Gasteiger partial charge in [-0.15, -0.1) is 0 Å². The second-order valence-electron chi connectivity index (χ2n) is 4.68. The quantitative estimate of drug-likeness (QED) is 0.711. The molecule has 1 aliphatic rings. The Morgan fingerprint density at radius 2 is 1.62 bits per heavy atom. The maximum absolute atomic E-state index is 5.95. The van der Waals surface area contributed by atoms with Crippen molar-refractivity contribution in [3.8, 4) is 0 Å². The van der Waals surface area contributed by atoms with E-state index in [0.717, 1.165) is 0 Å². The zero-order valence-electron chi connectivity index (χ0n) is 9.46. The highest BCUT2D eigenvalue weighted by Gasteiger charge is 2.29. The summed E-state index contributed by atoms with van der Waals surface area (Å²) in [6, 6.07) is 2.22. The van der Waals surface area contributed by atoms with Crippen LogP contribution in [0, 0.1) is 0 Å². The van der Waals surface area contributed by atoms with E-state index in [1.165, 1.54) is 19.3 Å². The Kier molecular flexibility index (Phi) is 3.74. The van der Waals surface area contributed by atoms with Crippen LogP contribution in [0.1, 0.15) is 47.0 Å². The van der Waals surface area contributed by atoms with Crippen LogP contribution in [-0.4, -0.2) is 29.1 Å². The molecule has 1 heterocycles. The van der Waals surface area contributed by atoms with E-state index in [1.807, 2.05) is 0 Å². The molecule has 1 aliphatic heterocycles. The van der Waals surface area contributed by atoms with Crippen LogP contribution in [0.3, 0.4) is 0 Å². The molecule has 0 spiro atoms. The maximum Gasteiger partial charge on any atom is 0.0221 e. The molecule has 4 atom stereocenters. The number of piperidine rings is 1. The van der Waals surface area contributed by atoms with E-state index in [0.29, 0.717) is 18.1 Å². The zero-order chi connectivity index (χ0) is 10.0. The van der Waals surface area contributed by atoms with E-state index < -0.39 is 0 Å². The van der Waals surface area contributed by atoms with Gasteiger partial charge in [0, 0.05) is 24.2 Å². The van der Waals surface area contributed by atoms with Gasteiger partial charge in [0.25, 0.3) is 0 Å². The van der Waals surface area contributed by atoms with Gasteiger partial charge < -0.3 is 5.73 Å². The first-order chi connectivity index (χ1) is 6.04. The van der Waals surface area contributed by atoms with E-state index >= 15 is 0 Å². The highest BCUT2D eigenvalue weighted by molar-refractivity contribution is 4.86. The smallest absolute Gasteiger partial charge is 0.0221 e. The first-order valence-corrected chi connectivity index (χ1v) is 5.57. The summed E-state index contributed by atoms with van der Waals surface area (Å²) in [5.74, 6) is 0. The third kappa shape index (κ3) is 2.44. The van der Waals surface area contributed by atoms with E-state index in [2.05, 4.69) is 32.6 Å². The molecule has 2 N–H and O–H groups in total. The van der Waals surface area contributed by atoms with Gasteiger partial charge >= 0.3 is 0 Å². The van der Waals surface area contributed by atoms with Crippen molar-refractivity contribution in [1.82, 2.24) is 4.90 Å². The van der Waals surface area contributed by atoms with E-state index in [-0.39, 0.29) is 6.04 Å². The fourth-order valence-electron chi connectivity index (χ4n) is 2.52. The standard InChI is InChI=1S/C11H24N2/c1-8-6-5-7-9(2)13(8)11(4)10(3)12/h8-11H,5-7,12H2,1-4H3. The van der Waals surface area contributed by atoms with Gasteiger partial charge in [-0.25, -0.2) is 0 Å². The Balaban J connectivity index is 2.62. The summed E-state index contributed by atoms with van der Waals surface area (Å²) >= 11 is 0. The molecule has 0 bridgehead atoms. The summed E-state index contributed by atoms with van der Waals surface area (Å²) in [5, 5.41) is 0. The van der Waals surface area contributed by atoms with Crippen molar-refractivity contribution in [2.45, 2.75) is 71.1 Å². The monoisotopic (exact) mass is 184 g/mol. The predicted octanol–water partition coefficient (Wildman–Crippen LogP) is 1.98. The zero-order valence-corrected chi connectivity index (χ0v) is 9.46. The van der Waals surface area contributed by atoms with Crippen LogP contribution < -0.4 is 5.73 Å². The van der Waals surface area contributed by atoms with Crippen molar-refractivity contribution in [3.63, 3.8) is 0 Å². The lowest BCUT2D eigenvalue weighted by atomic mass is 9.94. The highest BCUT2D eigenvalue weighted by atomic mass is 15.2. The highest BCUT2D eigenvalue weighted by Crippen LogP contribution is 2.25. The summed E-state index contributed by atoms with van der Waals surface area (Å²) in [6.45, 7) is 9.02. The molecule has 4 unspecified atom stereocenters. The molecule has 0 aromatic carbocycles. The van der Waals surface area contributed by atoms with Crippen molar-refractivity contribution in [2.75, 3.05) is 0 Å². The van der Waals surface area contributed by atoms with Gasteiger partial charge in [-0.3, -0.25) is 4.90 Å². The minimum Gasteiger partial charge on any atom is -0.327 e. The van der Waals surface area contributed by atoms with Gasteiger partial charge in [-0.2, -0.15) is 0 Å². The summed E-state index contributed by atoms with van der Waals surface area (Å²) in [5.41, 5.74) is 5.95. The molecule has 0 aromatic rings. The van der Waals surface area contributed by atoms with Crippen LogP contribution in [0.2, 0.25) is 0 Å². The second kappa shape index (κ2) is 4.43. The largest absolute Gasteiger partial charge is 0.327 e. The fourth-order valence-corrected chi connectivity index (χ4v) is 2.52. The van der Waals surface area contributed by atoms with Gasteiger partial charge in [0.2, 0.25) is 0 Å². The molecule has 2 heteroatoms. The molecule has 1 rings (SSSR count). The number of likely N-dealkylation sites (tertiary alicyclic amines) is 1. The van der Waals surface area contributed by atoms with Gasteiger partial charge in [0.15, 0.2) is 0 Å². The fraction of sp³-hybridized carbons (Fsp3) is 1.00. The van der Waals surface area contributed by atoms with E-state index in [9.17, 15) is 0 Å². The van der Waals surface area contributed by atoms with E-state index in [1.54, 1.807) is 0 Å². The molecule has 78 valence electrons. The Morgan fingerprint density at radius 1 is 1.15 bits per heavy atom. The lowest BCUT2D eigenvalue weighted by Gasteiger charge is -2.44. The topological polar surface area (TPSA) is 29.3 Å². The molecule has 0 aromatic heterocycles. The van der Waals surface area contributed by atoms with Crippen LogP contribution in [0.5, 0.6) is 0 Å². The molecule has 0 aliphatic carbocycles. The number of hydrogen-bond donors (Lipinski definition) is 1. The Bertz CT molecular complexity index is 146. The average molecular weight is 184 g/mol. The third-order valence-corrected chi connectivity index (χ3v) is 3.49. The van der Waals surface area contributed by atoms with Gasteiger partial charge in [-0.05, 0) is 40.5 Å². The second-order valence-corrected chi connectivity index (χ2v) is 4.68. The van der Waals surface area contributed by atoms with Crippen LogP contribution >= 0.6 is 0 Å². The molecule has 0 amide bonds. The van der Waals surface area contributed by atoms with Gasteiger partial charge in [0.05, 0.1) is 0 Å². The van der Waals surface area contributed by atoms with E-state index in [4.69, 9.17) is 5.73 Å². The summed E-state index contributed by atoms with van der Waals surface area (Å²) in [6.07, 6.45) is 4.05. The summed E-state index contributed by atoms with van der Waals surface area (Å²) in [7, 11) is 0. The summed E-state index contributed by atoms with van der Waals surface area (Å²) < 4.78 is 0. The Morgan fingerprint density at radius 3 is 2.00 bits per heavy atom. The normalized spacial score (nSPS) is 35.8. The van der Waals surface area contributed by atoms with Crippen molar-refractivity contribution < 1.29 is 0 Å². The first-order valence-electron chi connectivity index (χ1n) is 5.57. The molecule has 1 saturated heterocycles. The van der Waals surface area contributed by atoms with Crippen LogP contribution in [0.4, 0.5) is 0 Å². The van der Waals surface area contributed by atoms with Crippen LogP contribution in [-0.2, 0) is 0 Å². The number of nitrogens with two attached hydrogens (primary N) is 1. The molecule has 0 radical (unpaired) electrons. The minimum absolute atomic E-state index is 0.281. The molecule has 1 fully saturated rings. The molecule has 13 heavy (non-hydrogen) atoms. The van der Waals surface area contributed by atoms with Crippen molar-refractivity contribution in [3.05, 3.63) is 0 Å². The first kappa shape index (κ1) is 11.0. The van der Waals surface area contributed by atoms with Gasteiger partial charge in [-0.1, -0.05) is 6.42 Å². The molecular weight excluding hydrogens is 160 g/mol. The van der Waals surface area contributed by atoms with Gasteiger partial charge in [0.1, 0.15) is 0 Å². The number of hydrogen-bond acceptors (Lipinski definition) is 2. The lowest BCUT2D eigenvalue weighted by Crippen LogP contribution is -2.54. The Hall–Kier alpha value is -0.0800. The maximum atomic E-state index is 5.95. The minimum atomic E-state index is 0.281.